The van der Waals surface area contributed by atoms with Crippen molar-refractivity contribution < 1.29 is 4.79 Å². The molecule has 0 bridgehead atoms. The summed E-state index contributed by atoms with van der Waals surface area (Å²) in [6, 6.07) is 10.7. The van der Waals surface area contributed by atoms with Crippen molar-refractivity contribution in [3.63, 3.8) is 0 Å². The monoisotopic (exact) mass is 320 g/mol. The first-order chi connectivity index (χ1) is 9.55. The number of β-lactam (4-membered cyclic amide) rings is 1. The maximum atomic E-state index is 12.6. The average Bonchev–Trinajstić information content (AvgIpc) is 2.35. The minimum absolute atomic E-state index is 0.0377. The highest BCUT2D eigenvalue weighted by atomic mass is 28.4. The Hall–Kier alpha value is -0.916. The van der Waals surface area contributed by atoms with Crippen LogP contribution >= 0.6 is 0 Å². The number of amides is 1. The maximum Gasteiger partial charge on any atom is 0.241 e. The number of likely N-dealkylation sites (N-methyl/N-ethyl adjacent to an activating group) is 1. The smallest absolute Gasteiger partial charge is 0.241 e. The molecule has 0 spiro atoms. The predicted molar refractivity (Wildman–Crippen MR) is 94.3 cm³/mol. The lowest BCUT2D eigenvalue weighted by Crippen LogP contribution is -2.74. The van der Waals surface area contributed by atoms with Crippen molar-refractivity contribution in [3.05, 3.63) is 35.9 Å². The zero-order valence-corrected chi connectivity index (χ0v) is 16.3. The summed E-state index contributed by atoms with van der Waals surface area (Å²) in [5, 5.41) is 0. The second-order valence-electron chi connectivity index (χ2n) is 7.96. The Morgan fingerprint density at radius 1 is 0.952 bits per heavy atom. The second-order valence-corrected chi connectivity index (χ2v) is 18.1. The van der Waals surface area contributed by atoms with Crippen LogP contribution in [-0.2, 0) is 4.79 Å². The first-order valence-corrected chi connectivity index (χ1v) is 14.6. The number of likely N-dealkylation sites (tertiary alicyclic amines) is 1. The summed E-state index contributed by atoms with van der Waals surface area (Å²) in [5.41, 5.74) is 1.26. The van der Waals surface area contributed by atoms with Gasteiger partial charge in [-0.25, -0.2) is 0 Å². The van der Waals surface area contributed by atoms with Gasteiger partial charge in [-0.05, 0) is 5.56 Å². The Morgan fingerprint density at radius 3 is 1.86 bits per heavy atom. The molecule has 1 aromatic carbocycles. The molecule has 0 unspecified atom stereocenters. The van der Waals surface area contributed by atoms with Gasteiger partial charge in [0.15, 0.2) is 0 Å². The summed E-state index contributed by atoms with van der Waals surface area (Å²) in [5.74, 6) is 0.286. The Morgan fingerprint density at radius 2 is 1.43 bits per heavy atom. The lowest BCUT2D eigenvalue weighted by Gasteiger charge is -2.57. The molecule has 0 saturated carbocycles. The normalized spacial score (nSPS) is 23.4. The molecule has 1 fully saturated rings. The lowest BCUT2D eigenvalue weighted by atomic mass is 9.90. The van der Waals surface area contributed by atoms with Crippen molar-refractivity contribution >= 4 is 22.4 Å². The molecule has 1 heterocycles. The van der Waals surface area contributed by atoms with E-state index >= 15 is 0 Å². The van der Waals surface area contributed by atoms with E-state index in [1.54, 1.807) is 0 Å². The largest absolute Gasteiger partial charge is 0.335 e. The van der Waals surface area contributed by atoms with Crippen LogP contribution in [0.4, 0.5) is 0 Å². The van der Waals surface area contributed by atoms with Crippen LogP contribution < -0.4 is 0 Å². The molecular weight excluding hydrogens is 292 g/mol. The predicted octanol–water partition coefficient (Wildman–Crippen LogP) is 3.54. The van der Waals surface area contributed by atoms with Crippen molar-refractivity contribution in [1.29, 1.82) is 0 Å². The summed E-state index contributed by atoms with van der Waals surface area (Å²) >= 11 is 0. The van der Waals surface area contributed by atoms with Gasteiger partial charge in [0.1, 0.15) is 22.5 Å². The van der Waals surface area contributed by atoms with Crippen LogP contribution in [0.25, 0.3) is 0 Å². The molecule has 1 aromatic rings. The van der Waals surface area contributed by atoms with E-state index < -0.39 is 16.5 Å². The zero-order chi connectivity index (χ0) is 16.0. The molecule has 21 heavy (non-hydrogen) atoms. The maximum absolute atomic E-state index is 12.6. The molecule has 3 nitrogen and oxygen atoms in total. The third kappa shape index (κ3) is 3.00. The summed E-state index contributed by atoms with van der Waals surface area (Å²) < 4.78 is 2.64. The van der Waals surface area contributed by atoms with Crippen LogP contribution in [0.15, 0.2) is 30.3 Å². The summed E-state index contributed by atoms with van der Waals surface area (Å²) in [4.78, 5) is 14.5. The van der Waals surface area contributed by atoms with Gasteiger partial charge in [0.2, 0.25) is 5.91 Å². The van der Waals surface area contributed by atoms with Gasteiger partial charge in [-0.3, -0.25) is 4.79 Å². The number of nitrogens with zero attached hydrogens (tertiary/aromatic N) is 2. The molecule has 0 N–H and O–H groups in total. The highest BCUT2D eigenvalue weighted by Gasteiger charge is 2.54. The van der Waals surface area contributed by atoms with Crippen LogP contribution in [0.2, 0.25) is 39.3 Å². The topological polar surface area (TPSA) is 23.6 Å². The fourth-order valence-corrected chi connectivity index (χ4v) is 14.0. The fraction of sp³-hybridized carbons (Fsp3) is 0.562. The van der Waals surface area contributed by atoms with E-state index in [-0.39, 0.29) is 18.0 Å². The van der Waals surface area contributed by atoms with E-state index in [2.05, 4.69) is 67.8 Å². The molecule has 1 aliphatic heterocycles. The molecule has 2 atom stereocenters. The molecule has 0 radical (unpaired) electrons. The van der Waals surface area contributed by atoms with Gasteiger partial charge in [0.05, 0.1) is 6.04 Å². The number of hydrogen-bond donors (Lipinski definition) is 0. The van der Waals surface area contributed by atoms with Gasteiger partial charge in [-0.1, -0.05) is 69.6 Å². The number of benzene rings is 1. The third-order valence-corrected chi connectivity index (χ3v) is 11.7. The standard InChI is InChI=1S/C16H28N2OSi2/c1-17-14(13-11-9-8-10-12-13)15(16(17)19)18(20(2,3)4)21(5,6)7/h8-12,14-15H,1-7H3/t14-,15-/m0/s1. The quantitative estimate of drug-likeness (QED) is 0.626. The fourth-order valence-electron chi connectivity index (χ4n) is 3.76. The van der Waals surface area contributed by atoms with E-state index in [1.165, 1.54) is 5.56 Å². The Bertz CT molecular complexity index is 505. The van der Waals surface area contributed by atoms with E-state index in [4.69, 9.17) is 0 Å². The van der Waals surface area contributed by atoms with Crippen molar-refractivity contribution in [2.75, 3.05) is 7.05 Å². The molecule has 116 valence electrons. The van der Waals surface area contributed by atoms with Crippen LogP contribution in [0.1, 0.15) is 11.6 Å². The Balaban J connectivity index is 2.42. The highest BCUT2D eigenvalue weighted by Crippen LogP contribution is 2.41. The molecule has 0 aromatic heterocycles. The van der Waals surface area contributed by atoms with Crippen molar-refractivity contribution in [1.82, 2.24) is 9.13 Å². The van der Waals surface area contributed by atoms with E-state index in [9.17, 15) is 4.79 Å². The van der Waals surface area contributed by atoms with E-state index in [0.717, 1.165) is 0 Å². The molecule has 0 aliphatic carbocycles. The molecule has 5 heteroatoms. The first kappa shape index (κ1) is 16.5. The number of carbonyl (C=O) groups is 1. The van der Waals surface area contributed by atoms with Crippen LogP contribution in [-0.4, -0.2) is 44.6 Å². The lowest BCUT2D eigenvalue weighted by molar-refractivity contribution is -0.151. The molecular formula is C16H28N2OSi2. The van der Waals surface area contributed by atoms with Gasteiger partial charge in [0.25, 0.3) is 0 Å². The van der Waals surface area contributed by atoms with Crippen LogP contribution in [0, 0.1) is 0 Å². The van der Waals surface area contributed by atoms with E-state index in [1.807, 2.05) is 18.0 Å². The summed E-state index contributed by atoms with van der Waals surface area (Å²) in [6.45, 7) is 14.2. The van der Waals surface area contributed by atoms with E-state index in [0.29, 0.717) is 0 Å². The molecule has 1 saturated heterocycles. The molecule has 1 aliphatic rings. The van der Waals surface area contributed by atoms with Gasteiger partial charge in [-0.2, -0.15) is 0 Å². The minimum Gasteiger partial charge on any atom is -0.335 e. The van der Waals surface area contributed by atoms with Gasteiger partial charge in [-0.15, -0.1) is 0 Å². The number of hydrogen-bond acceptors (Lipinski definition) is 2. The van der Waals surface area contributed by atoms with Crippen molar-refractivity contribution in [3.8, 4) is 0 Å². The summed E-state index contributed by atoms with van der Waals surface area (Å²) in [7, 11) is -1.17. The number of rotatable bonds is 4. The van der Waals surface area contributed by atoms with Crippen LogP contribution in [0.3, 0.4) is 0 Å². The van der Waals surface area contributed by atoms with Gasteiger partial charge >= 0.3 is 0 Å². The number of carbonyl (C=O) groups excluding carboxylic acids is 1. The average molecular weight is 321 g/mol. The molecule has 1 amide bonds. The highest BCUT2D eigenvalue weighted by molar-refractivity contribution is 6.89. The minimum atomic E-state index is -1.55. The molecule has 2 rings (SSSR count). The third-order valence-electron chi connectivity index (χ3n) is 4.18. The SMILES string of the molecule is CN1C(=O)[C@@H](N([Si](C)(C)C)[Si](C)(C)C)[C@@H]1c1ccccc1. The zero-order valence-electron chi connectivity index (χ0n) is 14.3. The van der Waals surface area contributed by atoms with Crippen molar-refractivity contribution in [2.45, 2.75) is 51.4 Å². The van der Waals surface area contributed by atoms with Gasteiger partial charge in [0, 0.05) is 7.05 Å². The Kier molecular flexibility index (Phi) is 4.21. The second kappa shape index (κ2) is 5.37. The Labute approximate surface area is 131 Å². The first-order valence-electron chi connectivity index (χ1n) is 7.66. The van der Waals surface area contributed by atoms with Crippen molar-refractivity contribution in [2.24, 2.45) is 0 Å². The van der Waals surface area contributed by atoms with Gasteiger partial charge < -0.3 is 9.13 Å². The summed E-state index contributed by atoms with van der Waals surface area (Å²) in [6.07, 6.45) is 0. The van der Waals surface area contributed by atoms with Crippen LogP contribution in [0.5, 0.6) is 0 Å².